The monoisotopic (exact) mass is 428 g/mol. The van der Waals surface area contributed by atoms with Crippen LogP contribution in [0.15, 0.2) is 47.6 Å². The Balaban J connectivity index is 1.68. The minimum Gasteiger partial charge on any atom is -0.497 e. The first-order chi connectivity index (χ1) is 14.6. The van der Waals surface area contributed by atoms with Gasteiger partial charge in [-0.1, -0.05) is 11.8 Å². The number of methoxy groups -OCH3 is 3. The van der Waals surface area contributed by atoms with Gasteiger partial charge in [0.15, 0.2) is 11.0 Å². The number of rotatable bonds is 9. The van der Waals surface area contributed by atoms with Crippen molar-refractivity contribution in [2.45, 2.75) is 18.6 Å². The standard InChI is InChI=1S/C21H24N4O4S/c1-5-25-20(14-6-8-16(27-2)9-7-14)23-24-21(25)30-13-19(26)22-15-10-17(28-3)12-18(11-15)29-4/h6-12H,5,13H2,1-4H3,(H,22,26). The molecule has 2 aromatic carbocycles. The van der Waals surface area contributed by atoms with Gasteiger partial charge in [-0.15, -0.1) is 10.2 Å². The van der Waals surface area contributed by atoms with Gasteiger partial charge in [-0.2, -0.15) is 0 Å². The van der Waals surface area contributed by atoms with E-state index in [9.17, 15) is 4.79 Å². The van der Waals surface area contributed by atoms with Gasteiger partial charge in [-0.05, 0) is 31.2 Å². The lowest BCUT2D eigenvalue weighted by atomic mass is 10.2. The van der Waals surface area contributed by atoms with Crippen LogP contribution in [-0.4, -0.2) is 47.8 Å². The second-order valence-electron chi connectivity index (χ2n) is 6.22. The third-order valence-corrected chi connectivity index (χ3v) is 5.32. The molecule has 1 aromatic heterocycles. The molecule has 0 saturated carbocycles. The lowest BCUT2D eigenvalue weighted by Crippen LogP contribution is -2.14. The zero-order chi connectivity index (χ0) is 21.5. The lowest BCUT2D eigenvalue weighted by Gasteiger charge is -2.10. The molecule has 158 valence electrons. The maximum atomic E-state index is 12.4. The molecule has 0 fully saturated rings. The first kappa shape index (κ1) is 21.5. The van der Waals surface area contributed by atoms with Gasteiger partial charge >= 0.3 is 0 Å². The lowest BCUT2D eigenvalue weighted by molar-refractivity contribution is -0.113. The number of aromatic nitrogens is 3. The van der Waals surface area contributed by atoms with Crippen LogP contribution >= 0.6 is 11.8 Å². The average Bonchev–Trinajstić information content (AvgIpc) is 3.20. The van der Waals surface area contributed by atoms with Gasteiger partial charge in [0.05, 0.1) is 27.1 Å². The summed E-state index contributed by atoms with van der Waals surface area (Å²) in [4.78, 5) is 12.4. The highest BCUT2D eigenvalue weighted by Gasteiger charge is 2.15. The van der Waals surface area contributed by atoms with Gasteiger partial charge in [0.2, 0.25) is 5.91 Å². The fourth-order valence-corrected chi connectivity index (χ4v) is 3.64. The zero-order valence-corrected chi connectivity index (χ0v) is 18.2. The van der Waals surface area contributed by atoms with Crippen LogP contribution in [0, 0.1) is 0 Å². The average molecular weight is 429 g/mol. The van der Waals surface area contributed by atoms with Crippen molar-refractivity contribution in [3.63, 3.8) is 0 Å². The summed E-state index contributed by atoms with van der Waals surface area (Å²) in [6, 6.07) is 12.9. The van der Waals surface area contributed by atoms with Crippen LogP contribution < -0.4 is 19.5 Å². The van der Waals surface area contributed by atoms with Crippen molar-refractivity contribution in [1.82, 2.24) is 14.8 Å². The Hall–Kier alpha value is -3.20. The van der Waals surface area contributed by atoms with Gasteiger partial charge in [0, 0.05) is 36.0 Å². The molecule has 1 N–H and O–H groups in total. The first-order valence-electron chi connectivity index (χ1n) is 9.31. The maximum Gasteiger partial charge on any atom is 0.234 e. The quantitative estimate of drug-likeness (QED) is 0.520. The Kier molecular flexibility index (Phi) is 7.18. The van der Waals surface area contributed by atoms with Gasteiger partial charge in [0.25, 0.3) is 0 Å². The molecule has 0 unspecified atom stereocenters. The largest absolute Gasteiger partial charge is 0.497 e. The topological polar surface area (TPSA) is 87.5 Å². The van der Waals surface area contributed by atoms with Crippen LogP contribution in [0.25, 0.3) is 11.4 Å². The number of anilines is 1. The van der Waals surface area contributed by atoms with Crippen LogP contribution in [0.4, 0.5) is 5.69 Å². The second-order valence-corrected chi connectivity index (χ2v) is 7.16. The van der Waals surface area contributed by atoms with E-state index in [2.05, 4.69) is 15.5 Å². The Labute approximate surface area is 179 Å². The van der Waals surface area contributed by atoms with Crippen LogP contribution in [0.2, 0.25) is 0 Å². The molecule has 8 nitrogen and oxygen atoms in total. The molecule has 3 rings (SSSR count). The number of thioether (sulfide) groups is 1. The summed E-state index contributed by atoms with van der Waals surface area (Å²) in [6.45, 7) is 2.70. The van der Waals surface area contributed by atoms with Crippen LogP contribution in [0.1, 0.15) is 6.92 Å². The molecule has 1 heterocycles. The maximum absolute atomic E-state index is 12.4. The van der Waals surface area contributed by atoms with E-state index in [0.717, 1.165) is 17.1 Å². The number of ether oxygens (including phenoxy) is 3. The van der Waals surface area contributed by atoms with Crippen molar-refractivity contribution in [2.75, 3.05) is 32.4 Å². The Morgan fingerprint density at radius 2 is 1.60 bits per heavy atom. The number of hydrogen-bond donors (Lipinski definition) is 1. The van der Waals surface area contributed by atoms with Crippen molar-refractivity contribution in [3.8, 4) is 28.6 Å². The molecule has 0 spiro atoms. The van der Waals surface area contributed by atoms with Gasteiger partial charge in [-0.3, -0.25) is 4.79 Å². The van der Waals surface area contributed by atoms with Gasteiger partial charge < -0.3 is 24.1 Å². The second kappa shape index (κ2) is 10.0. The molecule has 9 heteroatoms. The van der Waals surface area contributed by atoms with Gasteiger partial charge in [0.1, 0.15) is 17.2 Å². The summed E-state index contributed by atoms with van der Waals surface area (Å²) < 4.78 is 17.6. The Morgan fingerprint density at radius 3 is 2.17 bits per heavy atom. The molecule has 0 aliphatic rings. The minimum atomic E-state index is -0.160. The third kappa shape index (κ3) is 5.04. The predicted molar refractivity (Wildman–Crippen MR) is 117 cm³/mol. The van der Waals surface area contributed by atoms with Crippen molar-refractivity contribution >= 4 is 23.4 Å². The van der Waals surface area contributed by atoms with Crippen LogP contribution in [0.5, 0.6) is 17.2 Å². The summed E-state index contributed by atoms with van der Waals surface area (Å²) in [6.07, 6.45) is 0. The Morgan fingerprint density at radius 1 is 0.967 bits per heavy atom. The highest BCUT2D eigenvalue weighted by atomic mass is 32.2. The van der Waals surface area contributed by atoms with E-state index in [-0.39, 0.29) is 11.7 Å². The zero-order valence-electron chi connectivity index (χ0n) is 17.3. The van der Waals surface area contributed by atoms with Gasteiger partial charge in [-0.25, -0.2) is 0 Å². The van der Waals surface area contributed by atoms with E-state index in [1.807, 2.05) is 35.8 Å². The molecule has 0 bridgehead atoms. The summed E-state index contributed by atoms with van der Waals surface area (Å²) in [5.74, 6) is 2.77. The molecule has 1 amide bonds. The van der Waals surface area contributed by atoms with E-state index >= 15 is 0 Å². The van der Waals surface area contributed by atoms with E-state index in [1.165, 1.54) is 11.8 Å². The number of hydrogen-bond acceptors (Lipinski definition) is 7. The fraction of sp³-hybridized carbons (Fsp3) is 0.286. The van der Waals surface area contributed by atoms with E-state index < -0.39 is 0 Å². The number of benzene rings is 2. The molecule has 0 radical (unpaired) electrons. The predicted octanol–water partition coefficient (Wildman–Crippen LogP) is 3.72. The summed E-state index contributed by atoms with van der Waals surface area (Å²) in [7, 11) is 4.76. The Bertz CT molecular complexity index is 982. The number of nitrogens with one attached hydrogen (secondary N) is 1. The molecular formula is C21H24N4O4S. The third-order valence-electron chi connectivity index (χ3n) is 4.35. The number of nitrogens with zero attached hydrogens (tertiary/aromatic N) is 3. The molecule has 0 atom stereocenters. The fourth-order valence-electron chi connectivity index (χ4n) is 2.84. The SMILES string of the molecule is CCn1c(SCC(=O)Nc2cc(OC)cc(OC)c2)nnc1-c1ccc(OC)cc1. The molecule has 0 aliphatic heterocycles. The molecule has 0 aliphatic carbocycles. The molecule has 30 heavy (non-hydrogen) atoms. The highest BCUT2D eigenvalue weighted by molar-refractivity contribution is 7.99. The van der Waals surface area contributed by atoms with E-state index in [0.29, 0.717) is 28.9 Å². The smallest absolute Gasteiger partial charge is 0.234 e. The highest BCUT2D eigenvalue weighted by Crippen LogP contribution is 2.27. The van der Waals surface area contributed by atoms with Crippen molar-refractivity contribution in [2.24, 2.45) is 0 Å². The molecule has 0 saturated heterocycles. The number of carbonyl (C=O) groups excluding carboxylic acids is 1. The van der Waals surface area contributed by atoms with Crippen molar-refractivity contribution in [3.05, 3.63) is 42.5 Å². The molecule has 3 aromatic rings. The van der Waals surface area contributed by atoms with E-state index in [1.54, 1.807) is 39.5 Å². The van der Waals surface area contributed by atoms with Crippen LogP contribution in [0.3, 0.4) is 0 Å². The van der Waals surface area contributed by atoms with Crippen LogP contribution in [-0.2, 0) is 11.3 Å². The summed E-state index contributed by atoms with van der Waals surface area (Å²) in [5, 5.41) is 12.1. The number of carbonyl (C=O) groups is 1. The molecular weight excluding hydrogens is 404 g/mol. The number of amides is 1. The minimum absolute atomic E-state index is 0.160. The normalized spacial score (nSPS) is 10.5. The van der Waals surface area contributed by atoms with Crippen molar-refractivity contribution in [1.29, 1.82) is 0 Å². The summed E-state index contributed by atoms with van der Waals surface area (Å²) >= 11 is 1.33. The van der Waals surface area contributed by atoms with E-state index in [4.69, 9.17) is 14.2 Å². The summed E-state index contributed by atoms with van der Waals surface area (Å²) in [5.41, 5.74) is 1.54. The first-order valence-corrected chi connectivity index (χ1v) is 10.3. The van der Waals surface area contributed by atoms with Crippen molar-refractivity contribution < 1.29 is 19.0 Å².